The summed E-state index contributed by atoms with van der Waals surface area (Å²) in [6.07, 6.45) is 1.17. The number of nitrogens with zero attached hydrogens (tertiary/aromatic N) is 3. The minimum absolute atomic E-state index is 0.0507. The first-order valence-electron chi connectivity index (χ1n) is 10.5. The smallest absolute Gasteiger partial charge is 0.230 e. The molecule has 0 bridgehead atoms. The van der Waals surface area contributed by atoms with Gasteiger partial charge in [0.25, 0.3) is 0 Å². The fourth-order valence-corrected chi connectivity index (χ4v) is 4.33. The number of hydrogen-bond acceptors (Lipinski definition) is 3. The molecular formula is C23H39N3O. The Hall–Kier alpha value is -1.39. The average molecular weight is 374 g/mol. The van der Waals surface area contributed by atoms with Crippen molar-refractivity contribution in [2.45, 2.75) is 59.0 Å². The van der Waals surface area contributed by atoms with Crippen molar-refractivity contribution < 1.29 is 4.79 Å². The molecule has 0 spiro atoms. The topological polar surface area (TPSA) is 26.8 Å². The van der Waals surface area contributed by atoms with Crippen LogP contribution in [0.4, 0.5) is 0 Å². The van der Waals surface area contributed by atoms with Gasteiger partial charge in [-0.05, 0) is 59.3 Å². The van der Waals surface area contributed by atoms with Gasteiger partial charge in [0.15, 0.2) is 0 Å². The first-order chi connectivity index (χ1) is 12.7. The van der Waals surface area contributed by atoms with E-state index in [2.05, 4.69) is 87.7 Å². The molecule has 1 aliphatic rings. The van der Waals surface area contributed by atoms with Gasteiger partial charge in [0.2, 0.25) is 5.91 Å². The zero-order chi connectivity index (χ0) is 20.1. The quantitative estimate of drug-likeness (QED) is 0.730. The monoisotopic (exact) mass is 373 g/mol. The Kier molecular flexibility index (Phi) is 7.87. The number of carbonyl (C=O) groups is 1. The molecule has 1 saturated heterocycles. The molecular weight excluding hydrogens is 334 g/mol. The van der Waals surface area contributed by atoms with Crippen LogP contribution in [0.5, 0.6) is 0 Å². The summed E-state index contributed by atoms with van der Waals surface area (Å²) >= 11 is 0. The molecule has 1 aromatic rings. The van der Waals surface area contributed by atoms with Gasteiger partial charge in [0, 0.05) is 31.7 Å². The van der Waals surface area contributed by atoms with Crippen molar-refractivity contribution in [1.29, 1.82) is 0 Å². The van der Waals surface area contributed by atoms with Gasteiger partial charge in [-0.15, -0.1) is 0 Å². The molecule has 0 radical (unpaired) electrons. The number of piperazine rings is 1. The summed E-state index contributed by atoms with van der Waals surface area (Å²) in [7, 11) is 4.25. The minimum atomic E-state index is -0.0507. The maximum atomic E-state index is 13.4. The zero-order valence-corrected chi connectivity index (χ0v) is 18.4. The fourth-order valence-electron chi connectivity index (χ4n) is 4.33. The second kappa shape index (κ2) is 9.70. The van der Waals surface area contributed by atoms with Crippen molar-refractivity contribution in [1.82, 2.24) is 14.7 Å². The number of benzene rings is 1. The molecule has 27 heavy (non-hydrogen) atoms. The highest BCUT2D eigenvalue weighted by Gasteiger charge is 2.35. The van der Waals surface area contributed by atoms with E-state index in [0.717, 1.165) is 31.7 Å². The average Bonchev–Trinajstić information content (AvgIpc) is 2.58. The standard InChI is InChI=1S/C23H39N3O/c1-17(2)22(21-11-9-18(3)10-12-21)23(27)25-15-19(4)26(20(5)16-25)14-8-13-24(6)7/h9-12,17,19-20,22H,8,13-16H2,1-7H3. The van der Waals surface area contributed by atoms with Crippen LogP contribution in [0, 0.1) is 12.8 Å². The number of carbonyl (C=O) groups excluding carboxylic acids is 1. The van der Waals surface area contributed by atoms with E-state index in [-0.39, 0.29) is 5.92 Å². The van der Waals surface area contributed by atoms with Gasteiger partial charge in [-0.2, -0.15) is 0 Å². The molecule has 3 atom stereocenters. The third kappa shape index (κ3) is 5.79. The predicted molar refractivity (Wildman–Crippen MR) is 114 cm³/mol. The van der Waals surface area contributed by atoms with E-state index in [4.69, 9.17) is 0 Å². The second-order valence-electron chi connectivity index (χ2n) is 8.97. The first-order valence-corrected chi connectivity index (χ1v) is 10.5. The Morgan fingerprint density at radius 2 is 1.67 bits per heavy atom. The second-order valence-corrected chi connectivity index (χ2v) is 8.97. The number of rotatable bonds is 7. The van der Waals surface area contributed by atoms with Crippen LogP contribution in [0.2, 0.25) is 0 Å². The Morgan fingerprint density at radius 1 is 1.11 bits per heavy atom. The summed E-state index contributed by atoms with van der Waals surface area (Å²) in [5.74, 6) is 0.537. The van der Waals surface area contributed by atoms with Crippen molar-refractivity contribution in [2.75, 3.05) is 40.3 Å². The van der Waals surface area contributed by atoms with E-state index in [1.165, 1.54) is 12.0 Å². The summed E-state index contributed by atoms with van der Waals surface area (Å²) in [6.45, 7) is 14.8. The lowest BCUT2D eigenvalue weighted by Crippen LogP contribution is -2.59. The van der Waals surface area contributed by atoms with Crippen molar-refractivity contribution in [3.63, 3.8) is 0 Å². The highest BCUT2D eigenvalue weighted by atomic mass is 16.2. The van der Waals surface area contributed by atoms with Crippen LogP contribution in [0.25, 0.3) is 0 Å². The SMILES string of the molecule is Cc1ccc(C(C(=O)N2CC(C)N(CCCN(C)C)C(C)C2)C(C)C)cc1. The molecule has 0 saturated carbocycles. The maximum absolute atomic E-state index is 13.4. The van der Waals surface area contributed by atoms with Crippen LogP contribution < -0.4 is 0 Å². The number of hydrogen-bond donors (Lipinski definition) is 0. The van der Waals surface area contributed by atoms with E-state index < -0.39 is 0 Å². The van der Waals surface area contributed by atoms with E-state index in [9.17, 15) is 4.79 Å². The molecule has 2 rings (SSSR count). The Balaban J connectivity index is 2.06. The first kappa shape index (κ1) is 21.9. The lowest BCUT2D eigenvalue weighted by molar-refractivity contribution is -0.138. The van der Waals surface area contributed by atoms with Gasteiger partial charge < -0.3 is 9.80 Å². The number of amides is 1. The van der Waals surface area contributed by atoms with Gasteiger partial charge >= 0.3 is 0 Å². The lowest BCUT2D eigenvalue weighted by atomic mass is 9.86. The Labute approximate surface area is 166 Å². The van der Waals surface area contributed by atoms with Crippen molar-refractivity contribution in [3.8, 4) is 0 Å². The van der Waals surface area contributed by atoms with E-state index in [0.29, 0.717) is 23.9 Å². The molecule has 4 nitrogen and oxygen atoms in total. The van der Waals surface area contributed by atoms with Gasteiger partial charge in [0.1, 0.15) is 0 Å². The molecule has 0 N–H and O–H groups in total. The largest absolute Gasteiger partial charge is 0.339 e. The molecule has 1 aliphatic heterocycles. The zero-order valence-electron chi connectivity index (χ0n) is 18.4. The van der Waals surface area contributed by atoms with E-state index in [1.807, 2.05) is 0 Å². The molecule has 152 valence electrons. The summed E-state index contributed by atoms with van der Waals surface area (Å²) in [6, 6.07) is 9.30. The van der Waals surface area contributed by atoms with Crippen molar-refractivity contribution >= 4 is 5.91 Å². The molecule has 1 aromatic carbocycles. The molecule has 3 unspecified atom stereocenters. The van der Waals surface area contributed by atoms with E-state index in [1.54, 1.807) is 0 Å². The highest BCUT2D eigenvalue weighted by Crippen LogP contribution is 2.29. The number of aryl methyl sites for hydroxylation is 1. The third-order valence-electron chi connectivity index (χ3n) is 5.80. The molecule has 1 fully saturated rings. The fraction of sp³-hybridized carbons (Fsp3) is 0.696. The third-order valence-corrected chi connectivity index (χ3v) is 5.80. The molecule has 4 heteroatoms. The maximum Gasteiger partial charge on any atom is 0.230 e. The normalized spacial score (nSPS) is 22.5. The Morgan fingerprint density at radius 3 is 2.15 bits per heavy atom. The highest BCUT2D eigenvalue weighted by molar-refractivity contribution is 5.84. The Bertz CT molecular complexity index is 584. The van der Waals surface area contributed by atoms with Crippen LogP contribution in [-0.2, 0) is 4.79 Å². The van der Waals surface area contributed by atoms with Crippen LogP contribution in [-0.4, -0.2) is 73.0 Å². The van der Waals surface area contributed by atoms with Crippen LogP contribution in [0.15, 0.2) is 24.3 Å². The van der Waals surface area contributed by atoms with Gasteiger partial charge in [0.05, 0.1) is 5.92 Å². The summed E-state index contributed by atoms with van der Waals surface area (Å²) in [5.41, 5.74) is 2.39. The summed E-state index contributed by atoms with van der Waals surface area (Å²) in [5, 5.41) is 0. The molecule has 1 amide bonds. The van der Waals surface area contributed by atoms with Gasteiger partial charge in [-0.1, -0.05) is 43.7 Å². The van der Waals surface area contributed by atoms with Crippen molar-refractivity contribution in [2.24, 2.45) is 5.92 Å². The van der Waals surface area contributed by atoms with Gasteiger partial charge in [-0.25, -0.2) is 0 Å². The van der Waals surface area contributed by atoms with E-state index >= 15 is 0 Å². The lowest BCUT2D eigenvalue weighted by Gasteiger charge is -2.45. The van der Waals surface area contributed by atoms with Crippen molar-refractivity contribution in [3.05, 3.63) is 35.4 Å². The summed E-state index contributed by atoms with van der Waals surface area (Å²) < 4.78 is 0. The minimum Gasteiger partial charge on any atom is -0.339 e. The molecule has 0 aromatic heterocycles. The molecule has 0 aliphatic carbocycles. The summed E-state index contributed by atoms with van der Waals surface area (Å²) in [4.78, 5) is 20.4. The van der Waals surface area contributed by atoms with Gasteiger partial charge in [-0.3, -0.25) is 9.69 Å². The molecule has 1 heterocycles. The van der Waals surface area contributed by atoms with Crippen LogP contribution >= 0.6 is 0 Å². The van der Waals surface area contributed by atoms with Crippen LogP contribution in [0.3, 0.4) is 0 Å². The van der Waals surface area contributed by atoms with Crippen LogP contribution in [0.1, 0.15) is 51.2 Å². The predicted octanol–water partition coefficient (Wildman–Crippen LogP) is 3.61.